The summed E-state index contributed by atoms with van der Waals surface area (Å²) >= 11 is 12.0. The molecule has 31 heavy (non-hydrogen) atoms. The molecule has 2 aromatic carbocycles. The van der Waals surface area contributed by atoms with Crippen LogP contribution < -0.4 is 20.1 Å². The van der Waals surface area contributed by atoms with Gasteiger partial charge in [-0.05, 0) is 37.3 Å². The van der Waals surface area contributed by atoms with Crippen LogP contribution in [0.15, 0.2) is 36.4 Å². The summed E-state index contributed by atoms with van der Waals surface area (Å²) in [5.41, 5.74) is 1.29. The zero-order valence-electron chi connectivity index (χ0n) is 16.9. The Morgan fingerprint density at radius 1 is 1.03 bits per heavy atom. The van der Waals surface area contributed by atoms with Crippen molar-refractivity contribution < 1.29 is 19.1 Å². The van der Waals surface area contributed by atoms with Crippen molar-refractivity contribution in [3.05, 3.63) is 57.8 Å². The third kappa shape index (κ3) is 5.25. The molecule has 0 aliphatic heterocycles. The molecule has 1 heterocycles. The minimum Gasteiger partial charge on any atom is -0.497 e. The number of anilines is 2. The summed E-state index contributed by atoms with van der Waals surface area (Å²) in [5, 5.41) is 13.9. The average molecular weight is 464 g/mol. The first-order valence-electron chi connectivity index (χ1n) is 9.00. The number of rotatable bonds is 7. The van der Waals surface area contributed by atoms with Crippen LogP contribution in [0.5, 0.6) is 11.5 Å². The number of hydrogen-bond acceptors (Lipinski definition) is 6. The summed E-state index contributed by atoms with van der Waals surface area (Å²) < 4.78 is 11.7. The van der Waals surface area contributed by atoms with Crippen LogP contribution in [0.1, 0.15) is 16.2 Å². The molecular formula is C20H19Cl2N5O4. The molecule has 0 aliphatic rings. The Balaban J connectivity index is 1.71. The van der Waals surface area contributed by atoms with E-state index in [1.807, 2.05) is 0 Å². The molecule has 0 atom stereocenters. The van der Waals surface area contributed by atoms with E-state index in [-0.39, 0.29) is 18.1 Å². The van der Waals surface area contributed by atoms with Gasteiger partial charge in [0.05, 0.1) is 36.3 Å². The van der Waals surface area contributed by atoms with E-state index >= 15 is 0 Å². The largest absolute Gasteiger partial charge is 0.497 e. The topological polar surface area (TPSA) is 107 Å². The molecular weight excluding hydrogens is 445 g/mol. The highest BCUT2D eigenvalue weighted by atomic mass is 35.5. The fourth-order valence-electron chi connectivity index (χ4n) is 2.72. The molecule has 0 saturated carbocycles. The first-order valence-corrected chi connectivity index (χ1v) is 9.76. The van der Waals surface area contributed by atoms with Crippen LogP contribution in [0.2, 0.25) is 10.0 Å². The van der Waals surface area contributed by atoms with Crippen LogP contribution in [0.4, 0.5) is 11.4 Å². The summed E-state index contributed by atoms with van der Waals surface area (Å²) in [6.45, 7) is 1.48. The summed E-state index contributed by atoms with van der Waals surface area (Å²) in [6, 6.07) is 9.72. The normalized spacial score (nSPS) is 10.5. The van der Waals surface area contributed by atoms with Gasteiger partial charge in [0.15, 0.2) is 5.69 Å². The predicted octanol–water partition coefficient (Wildman–Crippen LogP) is 3.80. The number of methoxy groups -OCH3 is 2. The molecule has 3 aromatic rings. The number of amides is 2. The molecule has 11 heteroatoms. The second kappa shape index (κ2) is 9.67. The molecule has 162 valence electrons. The van der Waals surface area contributed by atoms with Gasteiger partial charge in [0.25, 0.3) is 5.91 Å². The van der Waals surface area contributed by atoms with Crippen LogP contribution in [0.3, 0.4) is 0 Å². The van der Waals surface area contributed by atoms with E-state index in [9.17, 15) is 9.59 Å². The van der Waals surface area contributed by atoms with Crippen LogP contribution in [0, 0.1) is 6.92 Å². The van der Waals surface area contributed by atoms with E-state index in [0.29, 0.717) is 38.6 Å². The van der Waals surface area contributed by atoms with E-state index in [0.717, 1.165) is 0 Å². The van der Waals surface area contributed by atoms with Crippen molar-refractivity contribution in [2.45, 2.75) is 13.5 Å². The van der Waals surface area contributed by atoms with Crippen molar-refractivity contribution in [3.63, 3.8) is 0 Å². The number of aromatic nitrogens is 3. The first kappa shape index (κ1) is 22.4. The molecule has 0 spiro atoms. The predicted molar refractivity (Wildman–Crippen MR) is 117 cm³/mol. The van der Waals surface area contributed by atoms with Gasteiger partial charge < -0.3 is 20.1 Å². The standard InChI is InChI=1S/C20H19Cl2N5O4/c1-11-19(20(29)24-16-8-12(21)4-6-14(16)22)25-26-27(11)10-18(28)23-15-7-5-13(30-2)9-17(15)31-3/h4-9H,10H2,1-3H3,(H,23,28)(H,24,29). The Labute approximate surface area is 188 Å². The Hall–Kier alpha value is -3.30. The van der Waals surface area contributed by atoms with Gasteiger partial charge in [-0.15, -0.1) is 5.10 Å². The van der Waals surface area contributed by atoms with Crippen molar-refractivity contribution in [3.8, 4) is 11.5 Å². The Kier molecular flexibility index (Phi) is 6.98. The van der Waals surface area contributed by atoms with Gasteiger partial charge in [-0.1, -0.05) is 28.4 Å². The summed E-state index contributed by atoms with van der Waals surface area (Å²) in [4.78, 5) is 25.1. The Bertz CT molecular complexity index is 1130. The molecule has 0 unspecified atom stereocenters. The Morgan fingerprint density at radius 3 is 2.52 bits per heavy atom. The second-order valence-electron chi connectivity index (χ2n) is 6.37. The van der Waals surface area contributed by atoms with E-state index < -0.39 is 5.91 Å². The SMILES string of the molecule is COc1ccc(NC(=O)Cn2nnc(C(=O)Nc3cc(Cl)ccc3Cl)c2C)c(OC)c1. The zero-order chi connectivity index (χ0) is 22.5. The minimum atomic E-state index is -0.523. The number of ether oxygens (including phenoxy) is 2. The summed E-state index contributed by atoms with van der Waals surface area (Å²) in [6.07, 6.45) is 0. The smallest absolute Gasteiger partial charge is 0.278 e. The van der Waals surface area contributed by atoms with Gasteiger partial charge in [-0.3, -0.25) is 9.59 Å². The second-order valence-corrected chi connectivity index (χ2v) is 7.22. The van der Waals surface area contributed by atoms with Crippen molar-refractivity contribution in [2.24, 2.45) is 0 Å². The lowest BCUT2D eigenvalue weighted by atomic mass is 10.2. The van der Waals surface area contributed by atoms with Crippen LogP contribution in [0.25, 0.3) is 0 Å². The van der Waals surface area contributed by atoms with Crippen molar-refractivity contribution in [1.82, 2.24) is 15.0 Å². The molecule has 0 fully saturated rings. The molecule has 2 amide bonds. The maximum Gasteiger partial charge on any atom is 0.278 e. The van der Waals surface area contributed by atoms with Crippen LogP contribution in [-0.4, -0.2) is 41.0 Å². The maximum atomic E-state index is 12.6. The quantitative estimate of drug-likeness (QED) is 0.551. The first-order chi connectivity index (χ1) is 14.8. The van der Waals surface area contributed by atoms with Gasteiger partial charge in [0.2, 0.25) is 5.91 Å². The van der Waals surface area contributed by atoms with E-state index in [2.05, 4.69) is 20.9 Å². The molecule has 0 aliphatic carbocycles. The molecule has 2 N–H and O–H groups in total. The van der Waals surface area contributed by atoms with Crippen LogP contribution >= 0.6 is 23.2 Å². The van der Waals surface area contributed by atoms with Gasteiger partial charge in [0.1, 0.15) is 18.0 Å². The molecule has 3 rings (SSSR count). The highest BCUT2D eigenvalue weighted by Gasteiger charge is 2.19. The highest BCUT2D eigenvalue weighted by Crippen LogP contribution is 2.29. The number of benzene rings is 2. The molecule has 9 nitrogen and oxygen atoms in total. The average Bonchev–Trinajstić information content (AvgIpc) is 3.11. The number of carbonyl (C=O) groups is 2. The molecule has 0 radical (unpaired) electrons. The lowest BCUT2D eigenvalue weighted by Gasteiger charge is -2.12. The number of carbonyl (C=O) groups excluding carboxylic acids is 2. The monoisotopic (exact) mass is 463 g/mol. The van der Waals surface area contributed by atoms with Crippen molar-refractivity contribution in [1.29, 1.82) is 0 Å². The molecule has 1 aromatic heterocycles. The third-order valence-electron chi connectivity index (χ3n) is 4.35. The number of nitrogens with one attached hydrogen (secondary N) is 2. The lowest BCUT2D eigenvalue weighted by Crippen LogP contribution is -2.21. The van der Waals surface area contributed by atoms with Gasteiger partial charge in [0, 0.05) is 11.1 Å². The molecule has 0 bridgehead atoms. The highest BCUT2D eigenvalue weighted by molar-refractivity contribution is 6.35. The van der Waals surface area contributed by atoms with Gasteiger partial charge in [-0.25, -0.2) is 4.68 Å². The van der Waals surface area contributed by atoms with Crippen molar-refractivity contribution in [2.75, 3.05) is 24.9 Å². The Morgan fingerprint density at radius 2 is 1.81 bits per heavy atom. The number of halogens is 2. The van der Waals surface area contributed by atoms with E-state index in [1.54, 1.807) is 37.3 Å². The van der Waals surface area contributed by atoms with E-state index in [4.69, 9.17) is 32.7 Å². The third-order valence-corrected chi connectivity index (χ3v) is 4.92. The maximum absolute atomic E-state index is 12.6. The van der Waals surface area contributed by atoms with Crippen molar-refractivity contribution >= 4 is 46.4 Å². The van der Waals surface area contributed by atoms with Crippen LogP contribution in [-0.2, 0) is 11.3 Å². The van der Waals surface area contributed by atoms with Gasteiger partial charge in [-0.2, -0.15) is 0 Å². The molecule has 0 saturated heterocycles. The summed E-state index contributed by atoms with van der Waals surface area (Å²) in [5.74, 6) is 0.144. The lowest BCUT2D eigenvalue weighted by molar-refractivity contribution is -0.117. The number of nitrogens with zero attached hydrogens (tertiary/aromatic N) is 3. The van der Waals surface area contributed by atoms with E-state index in [1.165, 1.54) is 25.0 Å². The van der Waals surface area contributed by atoms with Gasteiger partial charge >= 0.3 is 0 Å². The fraction of sp³-hybridized carbons (Fsp3) is 0.200. The fourth-order valence-corrected chi connectivity index (χ4v) is 3.06. The number of hydrogen-bond donors (Lipinski definition) is 2. The summed E-state index contributed by atoms with van der Waals surface area (Å²) in [7, 11) is 3.03. The zero-order valence-corrected chi connectivity index (χ0v) is 18.4. The minimum absolute atomic E-state index is 0.0610.